The van der Waals surface area contributed by atoms with Gasteiger partial charge in [0.05, 0.1) is 0 Å². The molecule has 1 saturated heterocycles. The van der Waals surface area contributed by atoms with E-state index >= 15 is 0 Å². The highest BCUT2D eigenvalue weighted by atomic mass is 16.2. The lowest BCUT2D eigenvalue weighted by Gasteiger charge is -2.15. The molecule has 0 bridgehead atoms. The number of carbonyl (C=O) groups excluding carboxylic acids is 1. The van der Waals surface area contributed by atoms with Crippen molar-refractivity contribution in [3.63, 3.8) is 0 Å². The predicted octanol–water partition coefficient (Wildman–Crippen LogP) is 2.79. The minimum absolute atomic E-state index is 0.00969. The van der Waals surface area contributed by atoms with E-state index in [4.69, 9.17) is 0 Å². The Bertz CT molecular complexity index is 678. The molecule has 0 spiro atoms. The highest BCUT2D eigenvalue weighted by molar-refractivity contribution is 5.94. The van der Waals surface area contributed by atoms with Crippen molar-refractivity contribution in [1.29, 1.82) is 0 Å². The van der Waals surface area contributed by atoms with E-state index in [-0.39, 0.29) is 6.03 Å². The predicted molar refractivity (Wildman–Crippen MR) is 75.4 cm³/mol. The van der Waals surface area contributed by atoms with Crippen molar-refractivity contribution in [2.75, 3.05) is 18.0 Å². The average molecular weight is 250 g/mol. The van der Waals surface area contributed by atoms with Crippen LogP contribution in [0.5, 0.6) is 0 Å². The Morgan fingerprint density at radius 2 is 1.84 bits per heavy atom. The second-order valence-corrected chi connectivity index (χ2v) is 5.06. The molecule has 3 nitrogen and oxygen atoms in total. The van der Waals surface area contributed by atoms with Gasteiger partial charge in [0.15, 0.2) is 0 Å². The van der Waals surface area contributed by atoms with Crippen LogP contribution in [0.15, 0.2) is 42.5 Å². The molecule has 2 amide bonds. The highest BCUT2D eigenvalue weighted by Gasteiger charge is 2.24. The van der Waals surface area contributed by atoms with Gasteiger partial charge in [-0.3, -0.25) is 4.90 Å². The van der Waals surface area contributed by atoms with Crippen molar-refractivity contribution in [2.24, 2.45) is 0 Å². The van der Waals surface area contributed by atoms with Crippen molar-refractivity contribution >= 4 is 11.7 Å². The minimum atomic E-state index is 0.00969. The lowest BCUT2D eigenvalue weighted by atomic mass is 10.1. The first-order valence-electron chi connectivity index (χ1n) is 6.59. The molecule has 1 fully saturated rings. The van der Waals surface area contributed by atoms with E-state index in [1.54, 1.807) is 0 Å². The van der Waals surface area contributed by atoms with Crippen molar-refractivity contribution in [3.05, 3.63) is 53.6 Å². The second-order valence-electron chi connectivity index (χ2n) is 5.06. The number of carbonyl (C=O) groups is 1. The summed E-state index contributed by atoms with van der Waals surface area (Å²) in [7, 11) is 0. The largest absolute Gasteiger partial charge is 0.336 e. The van der Waals surface area contributed by atoms with E-state index < -0.39 is 0 Å². The van der Waals surface area contributed by atoms with E-state index in [0.717, 1.165) is 25.2 Å². The van der Waals surface area contributed by atoms with Crippen molar-refractivity contribution in [1.82, 2.24) is 5.32 Å². The lowest BCUT2D eigenvalue weighted by molar-refractivity contribution is 0.252. The van der Waals surface area contributed by atoms with Gasteiger partial charge in [-0.2, -0.15) is 0 Å². The molecule has 0 saturated carbocycles. The van der Waals surface area contributed by atoms with Gasteiger partial charge in [-0.05, 0) is 40.8 Å². The molecule has 2 aromatic rings. The van der Waals surface area contributed by atoms with Crippen LogP contribution in [0, 0.1) is 0 Å². The van der Waals surface area contributed by atoms with Crippen LogP contribution in [-0.4, -0.2) is 19.1 Å². The molecule has 2 aromatic carbocycles. The first-order chi connectivity index (χ1) is 9.33. The van der Waals surface area contributed by atoms with E-state index in [1.165, 1.54) is 22.3 Å². The molecule has 0 unspecified atom stereocenters. The Labute approximate surface area is 111 Å². The summed E-state index contributed by atoms with van der Waals surface area (Å²) >= 11 is 0. The third kappa shape index (κ3) is 1.55. The maximum atomic E-state index is 11.7. The zero-order valence-corrected chi connectivity index (χ0v) is 10.5. The van der Waals surface area contributed by atoms with Crippen LogP contribution in [-0.2, 0) is 6.42 Å². The number of rotatable bonds is 1. The summed E-state index contributed by atoms with van der Waals surface area (Å²) < 4.78 is 0. The molecule has 94 valence electrons. The van der Waals surface area contributed by atoms with Gasteiger partial charge in [-0.15, -0.1) is 0 Å². The first-order valence-corrected chi connectivity index (χ1v) is 6.59. The quantitative estimate of drug-likeness (QED) is 0.707. The van der Waals surface area contributed by atoms with Crippen LogP contribution < -0.4 is 10.2 Å². The van der Waals surface area contributed by atoms with Crippen LogP contribution in [0.1, 0.15) is 11.1 Å². The maximum Gasteiger partial charge on any atom is 0.321 e. The van der Waals surface area contributed by atoms with Gasteiger partial charge in [-0.1, -0.05) is 30.3 Å². The lowest BCUT2D eigenvalue weighted by Crippen LogP contribution is -2.27. The highest BCUT2D eigenvalue weighted by Crippen LogP contribution is 2.38. The van der Waals surface area contributed by atoms with Crippen molar-refractivity contribution in [3.8, 4) is 11.1 Å². The zero-order valence-electron chi connectivity index (χ0n) is 10.5. The van der Waals surface area contributed by atoms with Crippen molar-refractivity contribution in [2.45, 2.75) is 6.42 Å². The smallest absolute Gasteiger partial charge is 0.321 e. The molecule has 0 atom stereocenters. The Hall–Kier alpha value is -2.29. The molecule has 1 heterocycles. The molecular formula is C16H14N2O. The second kappa shape index (κ2) is 3.85. The number of nitrogens with zero attached hydrogens (tertiary/aromatic N) is 1. The number of anilines is 1. The van der Waals surface area contributed by atoms with Gasteiger partial charge in [0.1, 0.15) is 0 Å². The average Bonchev–Trinajstić information content (AvgIpc) is 3.01. The number of benzene rings is 2. The van der Waals surface area contributed by atoms with Gasteiger partial charge in [0.2, 0.25) is 0 Å². The molecule has 4 rings (SSSR count). The van der Waals surface area contributed by atoms with Crippen LogP contribution in [0.3, 0.4) is 0 Å². The van der Waals surface area contributed by atoms with E-state index in [1.807, 2.05) is 11.0 Å². The fourth-order valence-corrected chi connectivity index (χ4v) is 3.02. The third-order valence-corrected chi connectivity index (χ3v) is 3.95. The first kappa shape index (κ1) is 10.6. The number of fused-ring (bicyclic) bond motifs is 3. The fraction of sp³-hybridized carbons (Fsp3) is 0.188. The summed E-state index contributed by atoms with van der Waals surface area (Å²) in [4.78, 5) is 13.5. The summed E-state index contributed by atoms with van der Waals surface area (Å²) in [5.74, 6) is 0. The number of hydrogen-bond donors (Lipinski definition) is 1. The van der Waals surface area contributed by atoms with Gasteiger partial charge in [-0.25, -0.2) is 4.79 Å². The molecule has 1 aliphatic heterocycles. The number of urea groups is 1. The van der Waals surface area contributed by atoms with Crippen LogP contribution >= 0.6 is 0 Å². The molecule has 1 N–H and O–H groups in total. The molecular weight excluding hydrogens is 236 g/mol. The third-order valence-electron chi connectivity index (χ3n) is 3.95. The summed E-state index contributed by atoms with van der Waals surface area (Å²) in [5.41, 5.74) is 6.33. The summed E-state index contributed by atoms with van der Waals surface area (Å²) in [6.07, 6.45) is 0.967. The molecule has 19 heavy (non-hydrogen) atoms. The summed E-state index contributed by atoms with van der Waals surface area (Å²) in [6, 6.07) is 14.9. The summed E-state index contributed by atoms with van der Waals surface area (Å²) in [6.45, 7) is 1.49. The number of hydrogen-bond acceptors (Lipinski definition) is 1. The number of amides is 2. The van der Waals surface area contributed by atoms with Crippen LogP contribution in [0.2, 0.25) is 0 Å². The Morgan fingerprint density at radius 3 is 2.68 bits per heavy atom. The summed E-state index contributed by atoms with van der Waals surface area (Å²) in [5, 5.41) is 2.84. The SMILES string of the molecule is O=C1NCCN1c1ccc2c(c1)Cc1ccccc1-2. The van der Waals surface area contributed by atoms with Crippen LogP contribution in [0.4, 0.5) is 10.5 Å². The topological polar surface area (TPSA) is 32.3 Å². The Balaban J connectivity index is 1.77. The standard InChI is InChI=1S/C16H14N2O/c19-16-17-7-8-18(16)13-5-6-15-12(10-13)9-11-3-1-2-4-14(11)15/h1-6,10H,7-9H2,(H,17,19). The fourth-order valence-electron chi connectivity index (χ4n) is 3.02. The Morgan fingerprint density at radius 1 is 1.00 bits per heavy atom. The van der Waals surface area contributed by atoms with E-state index in [0.29, 0.717) is 0 Å². The maximum absolute atomic E-state index is 11.7. The molecule has 1 aliphatic carbocycles. The van der Waals surface area contributed by atoms with Gasteiger partial charge < -0.3 is 5.32 Å². The molecule has 0 radical (unpaired) electrons. The van der Waals surface area contributed by atoms with Crippen molar-refractivity contribution < 1.29 is 4.79 Å². The minimum Gasteiger partial charge on any atom is -0.336 e. The Kier molecular flexibility index (Phi) is 2.15. The normalized spacial score (nSPS) is 16.2. The molecule has 2 aliphatic rings. The zero-order chi connectivity index (χ0) is 12.8. The van der Waals surface area contributed by atoms with E-state index in [9.17, 15) is 4.79 Å². The van der Waals surface area contributed by atoms with Crippen LogP contribution in [0.25, 0.3) is 11.1 Å². The number of nitrogens with one attached hydrogen (secondary N) is 1. The van der Waals surface area contributed by atoms with Gasteiger partial charge in [0.25, 0.3) is 0 Å². The van der Waals surface area contributed by atoms with Gasteiger partial charge >= 0.3 is 6.03 Å². The molecule has 3 heteroatoms. The molecule has 0 aromatic heterocycles. The van der Waals surface area contributed by atoms with Gasteiger partial charge in [0, 0.05) is 18.8 Å². The van der Waals surface area contributed by atoms with E-state index in [2.05, 4.69) is 41.7 Å². The monoisotopic (exact) mass is 250 g/mol.